The number of carbonyl (C=O) groups excluding carboxylic acids is 1. The lowest BCUT2D eigenvalue weighted by Crippen LogP contribution is -2.31. The van der Waals surface area contributed by atoms with E-state index < -0.39 is 0 Å². The maximum absolute atomic E-state index is 12.3. The van der Waals surface area contributed by atoms with Crippen molar-refractivity contribution >= 4 is 11.7 Å². The largest absolute Gasteiger partial charge is 0.370 e. The fourth-order valence-corrected chi connectivity index (χ4v) is 2.30. The van der Waals surface area contributed by atoms with Crippen LogP contribution in [0.2, 0.25) is 0 Å². The van der Waals surface area contributed by atoms with Crippen LogP contribution in [-0.4, -0.2) is 28.5 Å². The number of rotatable bonds is 8. The molecule has 0 saturated carbocycles. The molecule has 0 aliphatic rings. The first kappa shape index (κ1) is 17.9. The maximum atomic E-state index is 12.3. The van der Waals surface area contributed by atoms with Crippen molar-refractivity contribution in [3.63, 3.8) is 0 Å². The normalized spacial score (nSPS) is 10.7. The Morgan fingerprint density at radius 2 is 1.88 bits per heavy atom. The molecule has 5 nitrogen and oxygen atoms in total. The highest BCUT2D eigenvalue weighted by atomic mass is 16.1. The van der Waals surface area contributed by atoms with E-state index in [4.69, 9.17) is 0 Å². The SMILES string of the molecule is CCCCCNc1cc(C(=O)NC(C)C)nc(-c2ccccc2)n1. The maximum Gasteiger partial charge on any atom is 0.270 e. The van der Waals surface area contributed by atoms with Gasteiger partial charge < -0.3 is 10.6 Å². The van der Waals surface area contributed by atoms with Crippen molar-refractivity contribution in [1.82, 2.24) is 15.3 Å². The van der Waals surface area contributed by atoms with Gasteiger partial charge in [0.1, 0.15) is 11.5 Å². The number of nitrogens with zero attached hydrogens (tertiary/aromatic N) is 2. The number of amides is 1. The highest BCUT2D eigenvalue weighted by Gasteiger charge is 2.13. The molecule has 0 fully saturated rings. The van der Waals surface area contributed by atoms with Crippen molar-refractivity contribution in [2.75, 3.05) is 11.9 Å². The van der Waals surface area contributed by atoms with E-state index in [0.29, 0.717) is 17.3 Å². The van der Waals surface area contributed by atoms with Gasteiger partial charge in [0.2, 0.25) is 0 Å². The molecule has 1 aromatic carbocycles. The summed E-state index contributed by atoms with van der Waals surface area (Å²) < 4.78 is 0. The molecule has 1 amide bonds. The van der Waals surface area contributed by atoms with Crippen LogP contribution in [0.3, 0.4) is 0 Å². The second-order valence-electron chi connectivity index (χ2n) is 6.09. The molecule has 0 aliphatic carbocycles. The van der Waals surface area contributed by atoms with Crippen LogP contribution in [0.1, 0.15) is 50.5 Å². The highest BCUT2D eigenvalue weighted by Crippen LogP contribution is 2.18. The lowest BCUT2D eigenvalue weighted by Gasteiger charge is -2.12. The van der Waals surface area contributed by atoms with Crippen LogP contribution < -0.4 is 10.6 Å². The summed E-state index contributed by atoms with van der Waals surface area (Å²) >= 11 is 0. The van der Waals surface area contributed by atoms with Gasteiger partial charge in [0.25, 0.3) is 5.91 Å². The zero-order chi connectivity index (χ0) is 17.4. The third kappa shape index (κ3) is 5.33. The first-order valence-electron chi connectivity index (χ1n) is 8.59. The number of hydrogen-bond donors (Lipinski definition) is 2. The predicted octanol–water partition coefficient (Wildman–Crippen LogP) is 3.88. The summed E-state index contributed by atoms with van der Waals surface area (Å²) in [4.78, 5) is 21.3. The Bertz CT molecular complexity index is 656. The van der Waals surface area contributed by atoms with E-state index >= 15 is 0 Å². The van der Waals surface area contributed by atoms with Gasteiger partial charge in [0.15, 0.2) is 5.82 Å². The first-order valence-corrected chi connectivity index (χ1v) is 8.59. The highest BCUT2D eigenvalue weighted by molar-refractivity contribution is 5.93. The van der Waals surface area contributed by atoms with E-state index in [1.165, 1.54) is 12.8 Å². The molecule has 1 aromatic heterocycles. The fourth-order valence-electron chi connectivity index (χ4n) is 2.30. The Labute approximate surface area is 143 Å². The molecule has 2 N–H and O–H groups in total. The Morgan fingerprint density at radius 1 is 1.12 bits per heavy atom. The number of unbranched alkanes of at least 4 members (excludes halogenated alkanes) is 2. The predicted molar refractivity (Wildman–Crippen MR) is 98.1 cm³/mol. The third-order valence-corrected chi connectivity index (χ3v) is 3.50. The van der Waals surface area contributed by atoms with Crippen molar-refractivity contribution in [1.29, 1.82) is 0 Å². The van der Waals surface area contributed by atoms with Gasteiger partial charge in [-0.1, -0.05) is 50.1 Å². The van der Waals surface area contributed by atoms with Crippen molar-refractivity contribution in [3.8, 4) is 11.4 Å². The Kier molecular flexibility index (Phi) is 6.73. The average molecular weight is 326 g/mol. The summed E-state index contributed by atoms with van der Waals surface area (Å²) in [5, 5.41) is 6.19. The van der Waals surface area contributed by atoms with Crippen molar-refractivity contribution in [3.05, 3.63) is 42.1 Å². The number of carbonyl (C=O) groups is 1. The van der Waals surface area contributed by atoms with Crippen LogP contribution in [0.25, 0.3) is 11.4 Å². The molecular weight excluding hydrogens is 300 g/mol. The summed E-state index contributed by atoms with van der Waals surface area (Å²) in [6, 6.07) is 11.5. The zero-order valence-electron chi connectivity index (χ0n) is 14.7. The quantitative estimate of drug-likeness (QED) is 0.722. The molecular formula is C19H26N4O. The third-order valence-electron chi connectivity index (χ3n) is 3.50. The standard InChI is InChI=1S/C19H26N4O/c1-4-5-9-12-20-17-13-16(19(24)21-14(2)3)22-18(23-17)15-10-7-6-8-11-15/h6-8,10-11,13-14H,4-5,9,12H2,1-3H3,(H,21,24)(H,20,22,23). The summed E-state index contributed by atoms with van der Waals surface area (Å²) in [5.74, 6) is 1.07. The van der Waals surface area contributed by atoms with Crippen LogP contribution in [0, 0.1) is 0 Å². The lowest BCUT2D eigenvalue weighted by atomic mass is 10.2. The minimum atomic E-state index is -0.179. The summed E-state index contributed by atoms with van der Waals surface area (Å²) in [7, 11) is 0. The van der Waals surface area contributed by atoms with Gasteiger partial charge in [-0.3, -0.25) is 4.79 Å². The molecule has 24 heavy (non-hydrogen) atoms. The van der Waals surface area contributed by atoms with Gasteiger partial charge in [-0.25, -0.2) is 9.97 Å². The van der Waals surface area contributed by atoms with Crippen LogP contribution in [0.15, 0.2) is 36.4 Å². The second kappa shape index (κ2) is 9.01. The first-order chi connectivity index (χ1) is 11.6. The van der Waals surface area contributed by atoms with Crippen LogP contribution in [0.5, 0.6) is 0 Å². The molecule has 2 aromatic rings. The van der Waals surface area contributed by atoms with Gasteiger partial charge in [-0.15, -0.1) is 0 Å². The molecule has 0 spiro atoms. The number of aromatic nitrogens is 2. The Balaban J connectivity index is 2.27. The number of nitrogens with one attached hydrogen (secondary N) is 2. The van der Waals surface area contributed by atoms with Gasteiger partial charge in [-0.2, -0.15) is 0 Å². The van der Waals surface area contributed by atoms with E-state index in [1.807, 2.05) is 44.2 Å². The van der Waals surface area contributed by atoms with Gasteiger partial charge in [-0.05, 0) is 20.3 Å². The minimum absolute atomic E-state index is 0.0635. The smallest absolute Gasteiger partial charge is 0.270 e. The Morgan fingerprint density at radius 3 is 2.54 bits per heavy atom. The minimum Gasteiger partial charge on any atom is -0.370 e. The lowest BCUT2D eigenvalue weighted by molar-refractivity contribution is 0.0938. The molecule has 0 bridgehead atoms. The monoisotopic (exact) mass is 326 g/mol. The molecule has 128 valence electrons. The molecule has 1 heterocycles. The van der Waals surface area contributed by atoms with Gasteiger partial charge in [0, 0.05) is 24.2 Å². The van der Waals surface area contributed by atoms with Gasteiger partial charge >= 0.3 is 0 Å². The van der Waals surface area contributed by atoms with E-state index in [0.717, 1.165) is 18.5 Å². The van der Waals surface area contributed by atoms with Gasteiger partial charge in [0.05, 0.1) is 0 Å². The van der Waals surface area contributed by atoms with E-state index in [9.17, 15) is 4.79 Å². The molecule has 0 saturated heterocycles. The molecule has 0 atom stereocenters. The fraction of sp³-hybridized carbons (Fsp3) is 0.421. The molecule has 2 rings (SSSR count). The van der Waals surface area contributed by atoms with E-state index in [-0.39, 0.29) is 11.9 Å². The molecule has 0 aliphatic heterocycles. The summed E-state index contributed by atoms with van der Waals surface area (Å²) in [5.41, 5.74) is 1.28. The number of benzene rings is 1. The second-order valence-corrected chi connectivity index (χ2v) is 6.09. The summed E-state index contributed by atoms with van der Waals surface area (Å²) in [6.07, 6.45) is 3.42. The number of hydrogen-bond acceptors (Lipinski definition) is 4. The van der Waals surface area contributed by atoms with Crippen LogP contribution in [0.4, 0.5) is 5.82 Å². The topological polar surface area (TPSA) is 66.9 Å². The van der Waals surface area contributed by atoms with Crippen molar-refractivity contribution in [2.24, 2.45) is 0 Å². The molecule has 0 unspecified atom stereocenters. The van der Waals surface area contributed by atoms with E-state index in [1.54, 1.807) is 6.07 Å². The van der Waals surface area contributed by atoms with Crippen molar-refractivity contribution < 1.29 is 4.79 Å². The molecule has 5 heteroatoms. The average Bonchev–Trinajstić information content (AvgIpc) is 2.59. The van der Waals surface area contributed by atoms with Crippen molar-refractivity contribution in [2.45, 2.75) is 46.1 Å². The number of anilines is 1. The van der Waals surface area contributed by atoms with Crippen LogP contribution >= 0.6 is 0 Å². The molecule has 0 radical (unpaired) electrons. The zero-order valence-corrected chi connectivity index (χ0v) is 14.7. The van der Waals surface area contributed by atoms with E-state index in [2.05, 4.69) is 27.5 Å². The summed E-state index contributed by atoms with van der Waals surface area (Å²) in [6.45, 7) is 6.87. The Hall–Kier alpha value is -2.43. The van der Waals surface area contributed by atoms with Crippen LogP contribution in [-0.2, 0) is 0 Å².